The molecule has 2 nitrogen and oxygen atoms in total. The van der Waals surface area contributed by atoms with Crippen LogP contribution in [0, 0.1) is 0 Å². The average molecular weight is 194 g/mol. The predicted octanol–water partition coefficient (Wildman–Crippen LogP) is 2.40. The van der Waals surface area contributed by atoms with Gasteiger partial charge in [-0.05, 0) is 6.07 Å². The Morgan fingerprint density at radius 1 is 1.54 bits per heavy atom. The Kier molecular flexibility index (Phi) is 2.27. The van der Waals surface area contributed by atoms with Crippen LogP contribution in [-0.2, 0) is 9.53 Å². The van der Waals surface area contributed by atoms with Crippen LogP contribution in [0.4, 0.5) is 0 Å². The van der Waals surface area contributed by atoms with Gasteiger partial charge in [-0.25, -0.2) is 0 Å². The third-order valence-corrected chi connectivity index (χ3v) is 3.12. The largest absolute Gasteiger partial charge is 0.457 e. The second-order valence-electron chi connectivity index (χ2n) is 2.95. The van der Waals surface area contributed by atoms with Gasteiger partial charge < -0.3 is 4.74 Å². The number of benzene rings is 1. The molecular formula is C10H10O2S. The highest BCUT2D eigenvalue weighted by Crippen LogP contribution is 2.39. The number of hydrogen-bond acceptors (Lipinski definition) is 3. The highest BCUT2D eigenvalue weighted by atomic mass is 32.2. The summed E-state index contributed by atoms with van der Waals surface area (Å²) in [6.45, 7) is 1.45. The molecule has 68 valence electrons. The Labute approximate surface area is 81.3 Å². The van der Waals surface area contributed by atoms with Gasteiger partial charge in [0.15, 0.2) is 0 Å². The van der Waals surface area contributed by atoms with E-state index in [1.807, 2.05) is 18.2 Å². The third-order valence-electron chi connectivity index (χ3n) is 1.96. The van der Waals surface area contributed by atoms with E-state index in [0.29, 0.717) is 0 Å². The van der Waals surface area contributed by atoms with Gasteiger partial charge in [0.25, 0.3) is 0 Å². The Bertz CT molecular complexity index is 335. The van der Waals surface area contributed by atoms with E-state index >= 15 is 0 Å². The summed E-state index contributed by atoms with van der Waals surface area (Å²) in [5.74, 6) is 0.640. The fourth-order valence-corrected chi connectivity index (χ4v) is 2.55. The van der Waals surface area contributed by atoms with Crippen LogP contribution in [0.15, 0.2) is 29.2 Å². The molecule has 1 aliphatic heterocycles. The van der Waals surface area contributed by atoms with Gasteiger partial charge in [0.1, 0.15) is 6.10 Å². The maximum absolute atomic E-state index is 10.8. The summed E-state index contributed by atoms with van der Waals surface area (Å²) in [5, 5.41) is 0. The molecule has 0 saturated heterocycles. The van der Waals surface area contributed by atoms with Crippen molar-refractivity contribution in [1.29, 1.82) is 0 Å². The standard InChI is InChI=1S/C10H10O2S/c1-7(11)12-9-6-13-10-5-3-2-4-8(9)10/h2-5,9H,6H2,1H3. The lowest BCUT2D eigenvalue weighted by Gasteiger charge is -2.09. The lowest BCUT2D eigenvalue weighted by Crippen LogP contribution is -2.07. The molecular weight excluding hydrogens is 184 g/mol. The molecule has 0 fully saturated rings. The smallest absolute Gasteiger partial charge is 0.303 e. The lowest BCUT2D eigenvalue weighted by molar-refractivity contribution is -0.145. The zero-order valence-corrected chi connectivity index (χ0v) is 8.14. The molecule has 0 bridgehead atoms. The van der Waals surface area contributed by atoms with Crippen molar-refractivity contribution in [1.82, 2.24) is 0 Å². The molecule has 0 aliphatic carbocycles. The zero-order valence-electron chi connectivity index (χ0n) is 7.32. The molecule has 1 aromatic rings. The molecule has 1 aliphatic rings. The molecule has 0 N–H and O–H groups in total. The first-order chi connectivity index (χ1) is 6.27. The van der Waals surface area contributed by atoms with Crippen molar-refractivity contribution >= 4 is 17.7 Å². The molecule has 1 heterocycles. The molecule has 0 radical (unpaired) electrons. The summed E-state index contributed by atoms with van der Waals surface area (Å²) in [6, 6.07) is 8.05. The lowest BCUT2D eigenvalue weighted by atomic mass is 10.1. The van der Waals surface area contributed by atoms with Crippen LogP contribution in [0.5, 0.6) is 0 Å². The molecule has 0 spiro atoms. The van der Waals surface area contributed by atoms with Crippen molar-refractivity contribution in [3.63, 3.8) is 0 Å². The van der Waals surface area contributed by atoms with Crippen molar-refractivity contribution < 1.29 is 9.53 Å². The average Bonchev–Trinajstić information content (AvgIpc) is 2.48. The first kappa shape index (κ1) is 8.63. The van der Waals surface area contributed by atoms with E-state index in [1.165, 1.54) is 11.8 Å². The van der Waals surface area contributed by atoms with E-state index < -0.39 is 0 Å². The first-order valence-corrected chi connectivity index (χ1v) is 5.15. The van der Waals surface area contributed by atoms with E-state index in [-0.39, 0.29) is 12.1 Å². The van der Waals surface area contributed by atoms with Gasteiger partial charge in [-0.1, -0.05) is 18.2 Å². The van der Waals surface area contributed by atoms with Crippen molar-refractivity contribution in [3.8, 4) is 0 Å². The molecule has 0 amide bonds. The zero-order chi connectivity index (χ0) is 9.26. The summed E-state index contributed by atoms with van der Waals surface area (Å²) in [7, 11) is 0. The molecule has 13 heavy (non-hydrogen) atoms. The maximum atomic E-state index is 10.8. The number of hydrogen-bond donors (Lipinski definition) is 0. The van der Waals surface area contributed by atoms with Crippen LogP contribution in [-0.4, -0.2) is 11.7 Å². The van der Waals surface area contributed by atoms with Crippen LogP contribution < -0.4 is 0 Å². The molecule has 3 heteroatoms. The fraction of sp³-hybridized carbons (Fsp3) is 0.300. The van der Waals surface area contributed by atoms with E-state index in [2.05, 4.69) is 6.07 Å². The highest BCUT2D eigenvalue weighted by molar-refractivity contribution is 7.99. The molecule has 1 aromatic carbocycles. The van der Waals surface area contributed by atoms with Gasteiger partial charge >= 0.3 is 5.97 Å². The topological polar surface area (TPSA) is 26.3 Å². The van der Waals surface area contributed by atoms with Crippen molar-refractivity contribution in [2.75, 3.05) is 5.75 Å². The Balaban J connectivity index is 2.23. The van der Waals surface area contributed by atoms with Gasteiger partial charge in [0.2, 0.25) is 0 Å². The van der Waals surface area contributed by atoms with Crippen LogP contribution in [0.1, 0.15) is 18.6 Å². The second-order valence-corrected chi connectivity index (χ2v) is 4.01. The summed E-state index contributed by atoms with van der Waals surface area (Å²) in [6.07, 6.45) is -0.0429. The highest BCUT2D eigenvalue weighted by Gasteiger charge is 2.24. The van der Waals surface area contributed by atoms with Crippen molar-refractivity contribution in [2.45, 2.75) is 17.9 Å². The minimum Gasteiger partial charge on any atom is -0.457 e. The summed E-state index contributed by atoms with van der Waals surface area (Å²) in [4.78, 5) is 12.0. The van der Waals surface area contributed by atoms with Crippen LogP contribution in [0.25, 0.3) is 0 Å². The molecule has 2 rings (SSSR count). The number of rotatable bonds is 1. The fourth-order valence-electron chi connectivity index (χ4n) is 1.43. The SMILES string of the molecule is CC(=O)OC1CSc2ccccc21. The Morgan fingerprint density at radius 2 is 2.31 bits per heavy atom. The maximum Gasteiger partial charge on any atom is 0.303 e. The van der Waals surface area contributed by atoms with Gasteiger partial charge in [-0.2, -0.15) is 0 Å². The van der Waals surface area contributed by atoms with Gasteiger partial charge in [-0.15, -0.1) is 11.8 Å². The molecule has 1 atom stereocenters. The summed E-state index contributed by atoms with van der Waals surface area (Å²) >= 11 is 1.74. The number of carbonyl (C=O) groups excluding carboxylic acids is 1. The first-order valence-electron chi connectivity index (χ1n) is 4.16. The van der Waals surface area contributed by atoms with Gasteiger partial charge in [0.05, 0.1) is 0 Å². The summed E-state index contributed by atoms with van der Waals surface area (Å²) < 4.78 is 5.18. The normalized spacial score (nSPS) is 19.6. The molecule has 0 aromatic heterocycles. The Morgan fingerprint density at radius 3 is 3.08 bits per heavy atom. The van der Waals surface area contributed by atoms with Crippen molar-refractivity contribution in [3.05, 3.63) is 29.8 Å². The van der Waals surface area contributed by atoms with Gasteiger partial charge in [0, 0.05) is 23.1 Å². The minimum atomic E-state index is -0.206. The minimum absolute atomic E-state index is 0.0429. The van der Waals surface area contributed by atoms with Crippen LogP contribution in [0.3, 0.4) is 0 Å². The van der Waals surface area contributed by atoms with E-state index in [9.17, 15) is 4.79 Å². The van der Waals surface area contributed by atoms with Crippen molar-refractivity contribution in [2.24, 2.45) is 0 Å². The monoisotopic (exact) mass is 194 g/mol. The molecule has 0 saturated carbocycles. The van der Waals surface area contributed by atoms with E-state index in [4.69, 9.17) is 4.74 Å². The van der Waals surface area contributed by atoms with Gasteiger partial charge in [-0.3, -0.25) is 4.79 Å². The van der Waals surface area contributed by atoms with Crippen LogP contribution >= 0.6 is 11.8 Å². The quantitative estimate of drug-likeness (QED) is 0.642. The van der Waals surface area contributed by atoms with E-state index in [0.717, 1.165) is 11.3 Å². The second kappa shape index (κ2) is 3.42. The van der Waals surface area contributed by atoms with Crippen LogP contribution in [0.2, 0.25) is 0 Å². The number of thioether (sulfide) groups is 1. The number of fused-ring (bicyclic) bond motifs is 1. The summed E-state index contributed by atoms with van der Waals surface area (Å²) in [5.41, 5.74) is 1.14. The molecule has 1 unspecified atom stereocenters. The number of ether oxygens (including phenoxy) is 1. The van der Waals surface area contributed by atoms with E-state index in [1.54, 1.807) is 11.8 Å². The number of carbonyl (C=O) groups is 1. The third kappa shape index (κ3) is 1.70. The predicted molar refractivity (Wildman–Crippen MR) is 51.7 cm³/mol. The Hall–Kier alpha value is -0.960. The number of esters is 1.